The van der Waals surface area contributed by atoms with Crippen LogP contribution in [-0.4, -0.2) is 22.9 Å². The van der Waals surface area contributed by atoms with Gasteiger partial charge in [0.05, 0.1) is 6.42 Å². The van der Waals surface area contributed by atoms with Gasteiger partial charge in [-0.15, -0.1) is 0 Å². The van der Waals surface area contributed by atoms with Gasteiger partial charge in [0.25, 0.3) is 5.91 Å². The monoisotopic (exact) mass is 391 g/mol. The Labute approximate surface area is 160 Å². The minimum atomic E-state index is -1.26. The van der Waals surface area contributed by atoms with Crippen molar-refractivity contribution in [3.05, 3.63) is 69.7 Å². The second-order valence-electron chi connectivity index (χ2n) is 5.97. The normalized spacial score (nSPS) is 19.4. The number of nitrogens with one attached hydrogen (secondary N) is 2. The van der Waals surface area contributed by atoms with Gasteiger partial charge in [-0.25, -0.2) is 4.79 Å². The topological polar surface area (TPSA) is 78.5 Å². The van der Waals surface area contributed by atoms with E-state index in [0.29, 0.717) is 26.2 Å². The fraction of sp³-hybridized carbons (Fsp3) is 0.167. The molecule has 2 N–H and O–H groups in total. The number of hydrazine groups is 1. The molecular weight excluding hydrogens is 377 g/mol. The van der Waals surface area contributed by atoms with Gasteiger partial charge < -0.3 is 5.32 Å². The number of urea groups is 1. The van der Waals surface area contributed by atoms with Gasteiger partial charge in [0.1, 0.15) is 5.54 Å². The first-order chi connectivity index (χ1) is 12.3. The average Bonchev–Trinajstić information content (AvgIpc) is 2.83. The van der Waals surface area contributed by atoms with Gasteiger partial charge in [-0.3, -0.25) is 15.0 Å². The van der Waals surface area contributed by atoms with Gasteiger partial charge >= 0.3 is 6.03 Å². The van der Waals surface area contributed by atoms with Crippen molar-refractivity contribution in [2.24, 2.45) is 0 Å². The number of hydrogen-bond acceptors (Lipinski definition) is 3. The molecule has 1 heterocycles. The molecule has 0 radical (unpaired) electrons. The molecule has 6 nitrogen and oxygen atoms in total. The minimum absolute atomic E-state index is 0.169. The van der Waals surface area contributed by atoms with Crippen molar-refractivity contribution in [2.75, 3.05) is 0 Å². The molecule has 2 aromatic carbocycles. The lowest BCUT2D eigenvalue weighted by Crippen LogP contribution is -2.48. The van der Waals surface area contributed by atoms with Crippen LogP contribution in [0.25, 0.3) is 0 Å². The largest absolute Gasteiger partial charge is 0.344 e. The van der Waals surface area contributed by atoms with E-state index >= 15 is 0 Å². The van der Waals surface area contributed by atoms with E-state index < -0.39 is 23.4 Å². The Morgan fingerprint density at radius 3 is 2.31 bits per heavy atom. The van der Waals surface area contributed by atoms with E-state index in [-0.39, 0.29) is 6.42 Å². The summed E-state index contributed by atoms with van der Waals surface area (Å²) in [5, 5.41) is 3.95. The minimum Gasteiger partial charge on any atom is -0.318 e. The van der Waals surface area contributed by atoms with Crippen LogP contribution in [0.1, 0.15) is 18.1 Å². The Balaban J connectivity index is 1.77. The number of amides is 4. The smallest absolute Gasteiger partial charge is 0.318 e. The molecule has 8 heteroatoms. The molecule has 1 aliphatic rings. The van der Waals surface area contributed by atoms with Crippen LogP contribution in [0.15, 0.2) is 48.5 Å². The molecule has 1 fully saturated rings. The SMILES string of the molecule is CC1(c2ccccc2)NC(=O)N(NC(=O)Cc2c(Cl)cccc2Cl)C1=O. The molecule has 26 heavy (non-hydrogen) atoms. The molecular formula is C18H15Cl2N3O3. The first-order valence-corrected chi connectivity index (χ1v) is 8.53. The fourth-order valence-corrected chi connectivity index (χ4v) is 3.26. The zero-order valence-corrected chi connectivity index (χ0v) is 15.3. The summed E-state index contributed by atoms with van der Waals surface area (Å²) in [6, 6.07) is 13.0. The Hall–Kier alpha value is -2.57. The zero-order valence-electron chi connectivity index (χ0n) is 13.8. The standard InChI is InChI=1S/C18H15Cl2N3O3/c1-18(11-6-3-2-4-7-11)16(25)23(17(26)21-18)22-15(24)10-12-13(19)8-5-9-14(12)20/h2-9H,10H2,1H3,(H,21,26)(H,22,24). The molecule has 3 rings (SSSR count). The van der Waals surface area contributed by atoms with Gasteiger partial charge in [0.2, 0.25) is 5.91 Å². The van der Waals surface area contributed by atoms with E-state index in [2.05, 4.69) is 10.7 Å². The maximum atomic E-state index is 12.7. The van der Waals surface area contributed by atoms with E-state index in [1.807, 2.05) is 0 Å². The highest BCUT2D eigenvalue weighted by molar-refractivity contribution is 6.36. The van der Waals surface area contributed by atoms with Crippen molar-refractivity contribution in [3.63, 3.8) is 0 Å². The Kier molecular flexibility index (Phi) is 4.89. The van der Waals surface area contributed by atoms with Crippen molar-refractivity contribution in [1.82, 2.24) is 15.8 Å². The molecule has 1 atom stereocenters. The number of nitrogens with zero attached hydrogens (tertiary/aromatic N) is 1. The summed E-state index contributed by atoms with van der Waals surface area (Å²) < 4.78 is 0. The molecule has 1 aliphatic heterocycles. The van der Waals surface area contributed by atoms with Crippen molar-refractivity contribution in [1.29, 1.82) is 0 Å². The van der Waals surface area contributed by atoms with Crippen LogP contribution in [0.4, 0.5) is 4.79 Å². The van der Waals surface area contributed by atoms with E-state index in [4.69, 9.17) is 23.2 Å². The average molecular weight is 392 g/mol. The van der Waals surface area contributed by atoms with Crippen LogP contribution >= 0.6 is 23.2 Å². The number of carbonyl (C=O) groups is 3. The first kappa shape index (κ1) is 18.2. The summed E-state index contributed by atoms with van der Waals surface area (Å²) in [5.41, 5.74) is 2.10. The molecule has 0 aliphatic carbocycles. The van der Waals surface area contributed by atoms with Crippen molar-refractivity contribution >= 4 is 41.0 Å². The molecule has 0 bridgehead atoms. The molecule has 4 amide bonds. The van der Waals surface area contributed by atoms with Gasteiger partial charge in [-0.1, -0.05) is 59.6 Å². The van der Waals surface area contributed by atoms with Crippen LogP contribution in [0.2, 0.25) is 10.0 Å². The molecule has 0 saturated carbocycles. The maximum absolute atomic E-state index is 12.7. The van der Waals surface area contributed by atoms with E-state index in [1.54, 1.807) is 55.5 Å². The Bertz CT molecular complexity index is 868. The molecule has 134 valence electrons. The summed E-state index contributed by atoms with van der Waals surface area (Å²) in [4.78, 5) is 37.3. The number of hydrogen-bond donors (Lipinski definition) is 2. The molecule has 0 spiro atoms. The second-order valence-corrected chi connectivity index (χ2v) is 6.79. The zero-order chi connectivity index (χ0) is 18.9. The van der Waals surface area contributed by atoms with E-state index in [0.717, 1.165) is 0 Å². The number of halogens is 2. The first-order valence-electron chi connectivity index (χ1n) is 7.77. The van der Waals surface area contributed by atoms with Gasteiger partial charge in [0, 0.05) is 10.0 Å². The summed E-state index contributed by atoms with van der Waals surface area (Å²) >= 11 is 12.1. The van der Waals surface area contributed by atoms with Gasteiger partial charge in [-0.05, 0) is 30.2 Å². The van der Waals surface area contributed by atoms with Crippen LogP contribution in [0, 0.1) is 0 Å². The predicted molar refractivity (Wildman–Crippen MR) is 97.5 cm³/mol. The van der Waals surface area contributed by atoms with Crippen molar-refractivity contribution < 1.29 is 14.4 Å². The summed E-state index contributed by atoms with van der Waals surface area (Å²) in [6.45, 7) is 1.58. The third kappa shape index (κ3) is 3.25. The molecule has 0 aromatic heterocycles. The lowest BCUT2D eigenvalue weighted by atomic mass is 9.92. The fourth-order valence-electron chi connectivity index (χ4n) is 2.73. The van der Waals surface area contributed by atoms with Crippen molar-refractivity contribution in [2.45, 2.75) is 18.9 Å². The lowest BCUT2D eigenvalue weighted by molar-refractivity contribution is -0.138. The molecule has 1 unspecified atom stereocenters. The third-order valence-electron chi connectivity index (χ3n) is 4.18. The quantitative estimate of drug-likeness (QED) is 0.786. The number of imide groups is 1. The van der Waals surface area contributed by atoms with Crippen LogP contribution in [-0.2, 0) is 21.5 Å². The van der Waals surface area contributed by atoms with Crippen LogP contribution in [0.3, 0.4) is 0 Å². The number of carbonyl (C=O) groups excluding carboxylic acids is 3. The number of benzene rings is 2. The maximum Gasteiger partial charge on any atom is 0.344 e. The third-order valence-corrected chi connectivity index (χ3v) is 4.89. The Morgan fingerprint density at radius 2 is 1.69 bits per heavy atom. The van der Waals surface area contributed by atoms with Gasteiger partial charge in [-0.2, -0.15) is 5.01 Å². The highest BCUT2D eigenvalue weighted by atomic mass is 35.5. The Morgan fingerprint density at radius 1 is 1.08 bits per heavy atom. The van der Waals surface area contributed by atoms with Gasteiger partial charge in [0.15, 0.2) is 0 Å². The van der Waals surface area contributed by atoms with Crippen LogP contribution < -0.4 is 10.7 Å². The highest BCUT2D eigenvalue weighted by Gasteiger charge is 2.49. The van der Waals surface area contributed by atoms with Crippen LogP contribution in [0.5, 0.6) is 0 Å². The van der Waals surface area contributed by atoms with Crippen molar-refractivity contribution in [3.8, 4) is 0 Å². The molecule has 1 saturated heterocycles. The van der Waals surface area contributed by atoms with E-state index in [1.165, 1.54) is 0 Å². The summed E-state index contributed by atoms with van der Waals surface area (Å²) in [7, 11) is 0. The predicted octanol–water partition coefficient (Wildman–Crippen LogP) is 3.03. The highest BCUT2D eigenvalue weighted by Crippen LogP contribution is 2.28. The summed E-state index contributed by atoms with van der Waals surface area (Å²) in [5.74, 6) is -1.16. The van der Waals surface area contributed by atoms with E-state index in [9.17, 15) is 14.4 Å². The number of rotatable bonds is 4. The molecule has 2 aromatic rings. The second kappa shape index (κ2) is 6.97. The lowest BCUT2D eigenvalue weighted by Gasteiger charge is -2.22. The summed E-state index contributed by atoms with van der Waals surface area (Å²) in [6.07, 6.45) is -0.169.